The van der Waals surface area contributed by atoms with Crippen molar-refractivity contribution in [1.29, 1.82) is 0 Å². The van der Waals surface area contributed by atoms with Gasteiger partial charge in [-0.2, -0.15) is 4.98 Å². The Morgan fingerprint density at radius 1 is 1.19 bits per heavy atom. The summed E-state index contributed by atoms with van der Waals surface area (Å²) in [5.41, 5.74) is 6.39. The van der Waals surface area contributed by atoms with E-state index in [4.69, 9.17) is 4.42 Å². The molecule has 6 heteroatoms. The number of aliphatic hydroxyl groups excluding tert-OH is 1. The van der Waals surface area contributed by atoms with Crippen molar-refractivity contribution in [2.24, 2.45) is 5.92 Å². The molecule has 2 aliphatic rings. The maximum absolute atomic E-state index is 11.3. The van der Waals surface area contributed by atoms with Gasteiger partial charge in [-0.05, 0) is 60.8 Å². The van der Waals surface area contributed by atoms with Crippen LogP contribution in [0.4, 0.5) is 5.82 Å². The van der Waals surface area contributed by atoms with E-state index in [0.29, 0.717) is 12.3 Å². The molecule has 0 saturated carbocycles. The van der Waals surface area contributed by atoms with Crippen molar-refractivity contribution in [2.75, 3.05) is 18.0 Å². The number of hydrogen-bond acceptors (Lipinski definition) is 5. The van der Waals surface area contributed by atoms with E-state index in [1.165, 1.54) is 28.7 Å². The Labute approximate surface area is 189 Å². The largest absolute Gasteiger partial charge is 0.449 e. The highest BCUT2D eigenvalue weighted by atomic mass is 16.3. The van der Waals surface area contributed by atoms with Crippen LogP contribution in [0.15, 0.2) is 53.9 Å². The van der Waals surface area contributed by atoms with Crippen molar-refractivity contribution in [2.45, 2.75) is 58.1 Å². The van der Waals surface area contributed by atoms with Crippen molar-refractivity contribution in [1.82, 2.24) is 14.5 Å². The molecule has 1 aromatic carbocycles. The van der Waals surface area contributed by atoms with E-state index in [9.17, 15) is 5.11 Å². The first-order chi connectivity index (χ1) is 15.7. The molecule has 0 spiro atoms. The number of nitrogens with zero attached hydrogens (tertiary/aromatic N) is 4. The molecule has 2 aromatic heterocycles. The fraction of sp³-hybridized carbons (Fsp3) is 0.462. The van der Waals surface area contributed by atoms with Crippen LogP contribution in [-0.4, -0.2) is 38.8 Å². The molecule has 2 aliphatic heterocycles. The minimum atomic E-state index is -0.352. The van der Waals surface area contributed by atoms with Gasteiger partial charge in [0.2, 0.25) is 0 Å². The highest BCUT2D eigenvalue weighted by Gasteiger charge is 2.34. The number of fused-ring (bicyclic) bond motifs is 1. The Balaban J connectivity index is 1.32. The van der Waals surface area contributed by atoms with E-state index >= 15 is 0 Å². The highest BCUT2D eigenvalue weighted by molar-refractivity contribution is 5.93. The lowest BCUT2D eigenvalue weighted by Gasteiger charge is -2.35. The molecule has 6 nitrogen and oxygen atoms in total. The van der Waals surface area contributed by atoms with Gasteiger partial charge in [0, 0.05) is 13.1 Å². The standard InChI is InChI=1S/C26H32N4O2/c1-3-4-19-5-7-21(8-6-19)26-18(2)23-14-27-16-30(23)22(26)13-24(31)20-9-11-29(12-10-20)25-15-32-17-28-25/h5-8,14-17,20,22,24,31H,3-4,9-13H2,1-2H3. The van der Waals surface area contributed by atoms with Crippen LogP contribution >= 0.6 is 0 Å². The number of benzene rings is 1. The molecule has 32 heavy (non-hydrogen) atoms. The first kappa shape index (κ1) is 21.0. The molecular weight excluding hydrogens is 400 g/mol. The van der Waals surface area contributed by atoms with Gasteiger partial charge in [0.1, 0.15) is 6.26 Å². The molecule has 0 bridgehead atoms. The van der Waals surface area contributed by atoms with Crippen molar-refractivity contribution >= 4 is 17.0 Å². The molecule has 0 radical (unpaired) electrons. The zero-order chi connectivity index (χ0) is 22.1. The molecular formula is C26H32N4O2. The number of aromatic nitrogens is 3. The summed E-state index contributed by atoms with van der Waals surface area (Å²) in [6.07, 6.45) is 11.6. The first-order valence-corrected chi connectivity index (χ1v) is 11.8. The Hall–Kier alpha value is -2.86. The van der Waals surface area contributed by atoms with E-state index < -0.39 is 0 Å². The van der Waals surface area contributed by atoms with Crippen molar-refractivity contribution in [3.63, 3.8) is 0 Å². The SMILES string of the molecule is CCCc1ccc(C2=C(C)c3cncn3C2CC(O)C2CCN(c3cocn3)CC2)cc1. The van der Waals surface area contributed by atoms with Crippen LogP contribution in [0, 0.1) is 5.92 Å². The molecule has 168 valence electrons. The summed E-state index contributed by atoms with van der Waals surface area (Å²) >= 11 is 0. The Morgan fingerprint density at radius 3 is 2.66 bits per heavy atom. The molecule has 1 saturated heterocycles. The molecule has 2 atom stereocenters. The molecule has 2 unspecified atom stereocenters. The van der Waals surface area contributed by atoms with Crippen LogP contribution in [0.5, 0.6) is 0 Å². The number of hydrogen-bond donors (Lipinski definition) is 1. The van der Waals surface area contributed by atoms with E-state index in [2.05, 4.69) is 57.5 Å². The fourth-order valence-electron chi connectivity index (χ4n) is 5.45. The highest BCUT2D eigenvalue weighted by Crippen LogP contribution is 2.45. The Kier molecular flexibility index (Phi) is 5.87. The number of oxazole rings is 1. The third-order valence-electron chi connectivity index (χ3n) is 7.22. The molecule has 1 fully saturated rings. The molecule has 1 N–H and O–H groups in total. The minimum Gasteiger partial charge on any atom is -0.449 e. The van der Waals surface area contributed by atoms with Gasteiger partial charge in [-0.3, -0.25) is 0 Å². The summed E-state index contributed by atoms with van der Waals surface area (Å²) in [7, 11) is 0. The lowest BCUT2D eigenvalue weighted by atomic mass is 9.85. The number of rotatable bonds is 7. The van der Waals surface area contributed by atoms with Gasteiger partial charge >= 0.3 is 0 Å². The van der Waals surface area contributed by atoms with Gasteiger partial charge in [0.15, 0.2) is 12.2 Å². The summed E-state index contributed by atoms with van der Waals surface area (Å²) < 4.78 is 7.37. The monoisotopic (exact) mass is 432 g/mol. The maximum atomic E-state index is 11.3. The Morgan fingerprint density at radius 2 is 1.97 bits per heavy atom. The number of piperidine rings is 1. The van der Waals surface area contributed by atoms with Crippen LogP contribution in [0.3, 0.4) is 0 Å². The van der Waals surface area contributed by atoms with Crippen LogP contribution in [0.1, 0.15) is 62.4 Å². The van der Waals surface area contributed by atoms with Gasteiger partial charge in [-0.1, -0.05) is 37.6 Å². The average Bonchev–Trinajstić information content (AvgIpc) is 3.56. The predicted molar refractivity (Wildman–Crippen MR) is 126 cm³/mol. The summed E-state index contributed by atoms with van der Waals surface area (Å²) in [5, 5.41) is 11.3. The first-order valence-electron chi connectivity index (χ1n) is 11.8. The van der Waals surface area contributed by atoms with Crippen molar-refractivity contribution in [3.8, 4) is 0 Å². The van der Waals surface area contributed by atoms with E-state index in [-0.39, 0.29) is 12.1 Å². The second-order valence-electron chi connectivity index (χ2n) is 9.16. The van der Waals surface area contributed by atoms with Crippen LogP contribution in [0.25, 0.3) is 11.1 Å². The van der Waals surface area contributed by atoms with Gasteiger partial charge in [0.05, 0.1) is 30.4 Å². The van der Waals surface area contributed by atoms with Crippen LogP contribution < -0.4 is 4.90 Å². The summed E-state index contributed by atoms with van der Waals surface area (Å²) in [5.74, 6) is 1.18. The van der Waals surface area contributed by atoms with Crippen molar-refractivity contribution in [3.05, 3.63) is 66.3 Å². The lowest BCUT2D eigenvalue weighted by Crippen LogP contribution is -2.38. The normalized spacial score (nSPS) is 20.1. The smallest absolute Gasteiger partial charge is 0.182 e. The third-order valence-corrected chi connectivity index (χ3v) is 7.22. The Bertz CT molecular complexity index is 1060. The molecule has 0 amide bonds. The van der Waals surface area contributed by atoms with E-state index in [1.807, 2.05) is 12.5 Å². The van der Waals surface area contributed by atoms with Crippen LogP contribution in [-0.2, 0) is 6.42 Å². The molecule has 5 rings (SSSR count). The van der Waals surface area contributed by atoms with Crippen LogP contribution in [0.2, 0.25) is 0 Å². The predicted octanol–water partition coefficient (Wildman–Crippen LogP) is 4.98. The van der Waals surface area contributed by atoms with Gasteiger partial charge in [0.25, 0.3) is 0 Å². The number of aliphatic hydroxyl groups is 1. The number of anilines is 1. The van der Waals surface area contributed by atoms with E-state index in [0.717, 1.165) is 50.3 Å². The molecule has 3 aromatic rings. The minimum absolute atomic E-state index is 0.119. The quantitative estimate of drug-likeness (QED) is 0.571. The van der Waals surface area contributed by atoms with Crippen molar-refractivity contribution < 1.29 is 9.52 Å². The second kappa shape index (κ2) is 8.94. The second-order valence-corrected chi connectivity index (χ2v) is 9.16. The zero-order valence-corrected chi connectivity index (χ0v) is 18.9. The zero-order valence-electron chi connectivity index (χ0n) is 18.9. The van der Waals surface area contributed by atoms with Gasteiger partial charge < -0.3 is 19.0 Å². The lowest BCUT2D eigenvalue weighted by molar-refractivity contribution is 0.0770. The average molecular weight is 433 g/mol. The maximum Gasteiger partial charge on any atom is 0.182 e. The topological polar surface area (TPSA) is 67.3 Å². The number of imidazole rings is 1. The molecule has 0 aliphatic carbocycles. The van der Waals surface area contributed by atoms with E-state index in [1.54, 1.807) is 6.26 Å². The summed E-state index contributed by atoms with van der Waals surface area (Å²) in [6, 6.07) is 9.11. The fourth-order valence-corrected chi connectivity index (χ4v) is 5.45. The number of allylic oxidation sites excluding steroid dienone is 2. The van der Waals surface area contributed by atoms with Gasteiger partial charge in [-0.25, -0.2) is 4.98 Å². The molecule has 4 heterocycles. The number of aryl methyl sites for hydroxylation is 1. The summed E-state index contributed by atoms with van der Waals surface area (Å²) in [6.45, 7) is 6.20. The third kappa shape index (κ3) is 3.88. The summed E-state index contributed by atoms with van der Waals surface area (Å²) in [4.78, 5) is 10.9. The van der Waals surface area contributed by atoms with Gasteiger partial charge in [-0.15, -0.1) is 0 Å².